The molecule has 0 aliphatic carbocycles. The van der Waals surface area contributed by atoms with Gasteiger partial charge in [0.2, 0.25) is 14.2 Å². The molecule has 1 heterocycles. The first kappa shape index (κ1) is 29.4. The molecule has 0 saturated heterocycles. The van der Waals surface area contributed by atoms with E-state index in [-0.39, 0.29) is 29.8 Å². The molecule has 0 aliphatic heterocycles. The van der Waals surface area contributed by atoms with Gasteiger partial charge >= 0.3 is 5.97 Å². The summed E-state index contributed by atoms with van der Waals surface area (Å²) in [4.78, 5) is 16.0. The highest BCUT2D eigenvalue weighted by Gasteiger charge is 2.31. The van der Waals surface area contributed by atoms with E-state index in [1.54, 1.807) is 36.6 Å². The van der Waals surface area contributed by atoms with Crippen LogP contribution in [0.2, 0.25) is 0 Å². The lowest BCUT2D eigenvalue weighted by atomic mass is 10.1. The fraction of sp³-hybridized carbons (Fsp3) is 0.290. The van der Waals surface area contributed by atoms with Crippen LogP contribution in [0, 0.1) is 5.82 Å². The highest BCUT2D eigenvalue weighted by Crippen LogP contribution is 2.36. The van der Waals surface area contributed by atoms with Crippen molar-refractivity contribution in [3.8, 4) is 17.0 Å². The highest BCUT2D eigenvalue weighted by atomic mass is 32.2. The highest BCUT2D eigenvalue weighted by molar-refractivity contribution is 7.93. The fourth-order valence-electron chi connectivity index (χ4n) is 4.30. The van der Waals surface area contributed by atoms with Gasteiger partial charge in [0.1, 0.15) is 18.2 Å². The van der Waals surface area contributed by atoms with Crippen molar-refractivity contribution in [1.82, 2.24) is 4.98 Å². The summed E-state index contributed by atoms with van der Waals surface area (Å²) in [6.45, 7) is 4.18. The number of sulfone groups is 1. The van der Waals surface area contributed by atoms with Gasteiger partial charge in [-0.25, -0.2) is 17.8 Å². The van der Waals surface area contributed by atoms with Gasteiger partial charge in [0.05, 0.1) is 17.6 Å². The summed E-state index contributed by atoms with van der Waals surface area (Å²) < 4.78 is 52.5. The maximum Gasteiger partial charge on any atom is 0.306 e. The molecule has 0 amide bonds. The molecule has 6 nitrogen and oxygen atoms in total. The molecule has 0 bridgehead atoms. The van der Waals surface area contributed by atoms with Gasteiger partial charge < -0.3 is 9.47 Å². The molecule has 0 saturated carbocycles. The monoisotopic (exact) mass is 581 g/mol. The molecule has 0 N–H and O–H groups in total. The maximum atomic E-state index is 14.5. The number of hydrogen-bond acceptors (Lipinski definition) is 7. The molecule has 1 atom stereocenters. The lowest BCUT2D eigenvalue weighted by molar-refractivity contribution is -0.143. The molecule has 4 aromatic rings. The zero-order chi connectivity index (χ0) is 28.5. The van der Waals surface area contributed by atoms with Gasteiger partial charge in [-0.15, -0.1) is 11.3 Å². The molecule has 0 radical (unpaired) electrons. The predicted molar refractivity (Wildman–Crippen MR) is 155 cm³/mol. The van der Waals surface area contributed by atoms with E-state index in [2.05, 4.69) is 4.98 Å². The number of esters is 1. The Morgan fingerprint density at radius 2 is 1.77 bits per heavy atom. The fourth-order valence-corrected chi connectivity index (χ4v) is 7.41. The molecule has 0 spiro atoms. The van der Waals surface area contributed by atoms with E-state index in [1.165, 1.54) is 6.07 Å². The summed E-state index contributed by atoms with van der Waals surface area (Å²) in [6, 6.07) is 21.4. The molecule has 210 valence electrons. The van der Waals surface area contributed by atoms with Crippen molar-refractivity contribution in [2.45, 2.75) is 55.7 Å². The van der Waals surface area contributed by atoms with Gasteiger partial charge in [0.15, 0.2) is 0 Å². The van der Waals surface area contributed by atoms with E-state index < -0.39 is 20.9 Å². The molecule has 40 heavy (non-hydrogen) atoms. The zero-order valence-corrected chi connectivity index (χ0v) is 24.1. The number of nitrogens with zero attached hydrogens (tertiary/aromatic N) is 1. The number of aryl methyl sites for hydroxylation is 1. The van der Waals surface area contributed by atoms with Crippen LogP contribution in [0.5, 0.6) is 5.75 Å². The van der Waals surface area contributed by atoms with Gasteiger partial charge in [-0.3, -0.25) is 4.79 Å². The number of ether oxygens (including phenoxy) is 2. The van der Waals surface area contributed by atoms with Crippen molar-refractivity contribution in [3.05, 3.63) is 101 Å². The summed E-state index contributed by atoms with van der Waals surface area (Å²) in [7, 11) is -3.69. The molecule has 1 unspecified atom stereocenters. The van der Waals surface area contributed by atoms with Crippen LogP contribution >= 0.6 is 11.3 Å². The largest absolute Gasteiger partial charge is 0.489 e. The topological polar surface area (TPSA) is 82.6 Å². The quantitative estimate of drug-likeness (QED) is 0.154. The Bertz CT molecular complexity index is 1520. The number of carbonyl (C=O) groups excluding carboxylic acids is 1. The van der Waals surface area contributed by atoms with Crippen molar-refractivity contribution in [3.63, 3.8) is 0 Å². The van der Waals surface area contributed by atoms with E-state index in [1.807, 2.05) is 49.4 Å². The Balaban J connectivity index is 1.42. The number of halogens is 1. The molecular weight excluding hydrogens is 549 g/mol. The minimum Gasteiger partial charge on any atom is -0.489 e. The van der Waals surface area contributed by atoms with Crippen LogP contribution < -0.4 is 4.74 Å². The van der Waals surface area contributed by atoms with Crippen LogP contribution in [0.4, 0.5) is 4.39 Å². The average Bonchev–Trinajstić information content (AvgIpc) is 3.47. The van der Waals surface area contributed by atoms with Gasteiger partial charge in [-0.05, 0) is 42.5 Å². The zero-order valence-electron chi connectivity index (χ0n) is 22.5. The van der Waals surface area contributed by atoms with Crippen molar-refractivity contribution in [2.24, 2.45) is 0 Å². The second-order valence-electron chi connectivity index (χ2n) is 9.28. The Morgan fingerprint density at radius 1 is 1.02 bits per heavy atom. The first-order chi connectivity index (χ1) is 19.3. The molecule has 0 aliphatic rings. The van der Waals surface area contributed by atoms with E-state index >= 15 is 0 Å². The van der Waals surface area contributed by atoms with Crippen molar-refractivity contribution in [2.75, 3.05) is 6.61 Å². The van der Waals surface area contributed by atoms with Gasteiger partial charge in [-0.1, -0.05) is 74.0 Å². The molecule has 0 fully saturated rings. The van der Waals surface area contributed by atoms with Crippen molar-refractivity contribution >= 4 is 27.1 Å². The van der Waals surface area contributed by atoms with Gasteiger partial charge in [0, 0.05) is 23.4 Å². The summed E-state index contributed by atoms with van der Waals surface area (Å²) in [6.07, 6.45) is 1.54. The number of carbonyl (C=O) groups is 1. The summed E-state index contributed by atoms with van der Waals surface area (Å²) in [5.41, 5.74) is 3.46. The Morgan fingerprint density at radius 3 is 2.45 bits per heavy atom. The summed E-state index contributed by atoms with van der Waals surface area (Å²) in [5.74, 6) is -0.434. The van der Waals surface area contributed by atoms with Crippen LogP contribution in [0.15, 0.2) is 82.5 Å². The first-order valence-corrected chi connectivity index (χ1v) is 15.6. The third-order valence-corrected chi connectivity index (χ3v) is 9.86. The summed E-state index contributed by atoms with van der Waals surface area (Å²) >= 11 is 1.14. The SMILES string of the molecule is CCCC(c1ccc(COc2ccc(CCC(=O)OCC)c(F)c2)cc1)S(=O)(=O)c1nc(-c2ccccc2)cs1. The molecule has 9 heteroatoms. The maximum absolute atomic E-state index is 14.5. The number of benzene rings is 3. The van der Waals surface area contributed by atoms with Gasteiger partial charge in [0.25, 0.3) is 0 Å². The molecular formula is C31H32FNO5S2. The molecule has 4 rings (SSSR count). The second-order valence-corrected chi connectivity index (χ2v) is 12.4. The van der Waals surface area contributed by atoms with E-state index in [0.29, 0.717) is 42.0 Å². The number of thiazole rings is 1. The molecule has 1 aromatic heterocycles. The van der Waals surface area contributed by atoms with Crippen LogP contribution in [0.3, 0.4) is 0 Å². The van der Waals surface area contributed by atoms with E-state index in [4.69, 9.17) is 9.47 Å². The Labute approximate surface area is 238 Å². The minimum atomic E-state index is -3.69. The Hall–Kier alpha value is -3.56. The van der Waals surface area contributed by atoms with Crippen LogP contribution in [0.1, 0.15) is 55.1 Å². The lowest BCUT2D eigenvalue weighted by Gasteiger charge is -2.16. The third kappa shape index (κ3) is 7.34. The lowest BCUT2D eigenvalue weighted by Crippen LogP contribution is -2.14. The first-order valence-electron chi connectivity index (χ1n) is 13.2. The van der Waals surface area contributed by atoms with Crippen molar-refractivity contribution in [1.29, 1.82) is 0 Å². The van der Waals surface area contributed by atoms with Crippen LogP contribution in [-0.4, -0.2) is 26.0 Å². The third-order valence-electron chi connectivity index (χ3n) is 6.41. The second kappa shape index (κ2) is 13.7. The van der Waals surface area contributed by atoms with Gasteiger partial charge in [-0.2, -0.15) is 0 Å². The standard InChI is InChI=1S/C31H32FNO5S2/c1-3-8-29(40(35,36)31-33-28(21-39-31)24-9-6-5-7-10-24)25-13-11-22(12-14-25)20-38-26-17-15-23(27(32)19-26)16-18-30(34)37-4-2/h5-7,9-15,17,19,21,29H,3-4,8,16,18,20H2,1-2H3. The van der Waals surface area contributed by atoms with Crippen LogP contribution in [-0.2, 0) is 32.4 Å². The van der Waals surface area contributed by atoms with Crippen molar-refractivity contribution < 1.29 is 27.1 Å². The smallest absolute Gasteiger partial charge is 0.306 e. The minimum absolute atomic E-state index is 0.114. The normalized spacial score (nSPS) is 12.2. The number of aromatic nitrogens is 1. The number of hydrogen-bond donors (Lipinski definition) is 0. The Kier molecular flexibility index (Phi) is 10.1. The number of rotatable bonds is 13. The van der Waals surface area contributed by atoms with E-state index in [9.17, 15) is 17.6 Å². The predicted octanol–water partition coefficient (Wildman–Crippen LogP) is 7.34. The molecule has 3 aromatic carbocycles. The van der Waals surface area contributed by atoms with Crippen LogP contribution in [0.25, 0.3) is 11.3 Å². The van der Waals surface area contributed by atoms with E-state index in [0.717, 1.165) is 22.5 Å². The average molecular weight is 582 g/mol. The summed E-state index contributed by atoms with van der Waals surface area (Å²) in [5, 5.41) is 1.07.